The Kier molecular flexibility index (Phi) is 4.93. The molecule has 0 aromatic heterocycles. The first-order valence-electron chi connectivity index (χ1n) is 6.65. The summed E-state index contributed by atoms with van der Waals surface area (Å²) < 4.78 is 9.95. The monoisotopic (exact) mass is 263 g/mol. The van der Waals surface area contributed by atoms with E-state index in [1.54, 1.807) is 7.11 Å². The third-order valence-corrected chi connectivity index (χ3v) is 3.62. The molecular weight excluding hydrogens is 242 g/mol. The standard InChI is InChI=1S/C15H21NO3/c1-18-11-14-4-3-9-16(14)10-12-5-7-13(8-6-12)15(17)19-2/h5-8,14H,3-4,9-11H2,1-2H3/t14-/m1/s1. The van der Waals surface area contributed by atoms with Crippen molar-refractivity contribution in [3.8, 4) is 0 Å². The molecule has 19 heavy (non-hydrogen) atoms. The molecule has 1 aromatic rings. The van der Waals surface area contributed by atoms with Gasteiger partial charge in [0.1, 0.15) is 0 Å². The van der Waals surface area contributed by atoms with Gasteiger partial charge < -0.3 is 9.47 Å². The van der Waals surface area contributed by atoms with Crippen molar-refractivity contribution in [2.24, 2.45) is 0 Å². The zero-order valence-corrected chi connectivity index (χ0v) is 11.6. The first-order valence-corrected chi connectivity index (χ1v) is 6.65. The van der Waals surface area contributed by atoms with Crippen molar-refractivity contribution in [1.29, 1.82) is 0 Å². The Labute approximate surface area is 114 Å². The van der Waals surface area contributed by atoms with Crippen LogP contribution in [0.4, 0.5) is 0 Å². The predicted octanol–water partition coefficient (Wildman–Crippen LogP) is 2.08. The van der Waals surface area contributed by atoms with Crippen molar-refractivity contribution in [3.05, 3.63) is 35.4 Å². The lowest BCUT2D eigenvalue weighted by Gasteiger charge is -2.23. The molecule has 104 valence electrons. The average Bonchev–Trinajstić information content (AvgIpc) is 2.86. The number of methoxy groups -OCH3 is 2. The van der Waals surface area contributed by atoms with Crippen molar-refractivity contribution in [1.82, 2.24) is 4.90 Å². The molecule has 4 heteroatoms. The zero-order chi connectivity index (χ0) is 13.7. The highest BCUT2D eigenvalue weighted by Crippen LogP contribution is 2.20. The van der Waals surface area contributed by atoms with Gasteiger partial charge in [-0.05, 0) is 37.1 Å². The van der Waals surface area contributed by atoms with Crippen LogP contribution in [0.1, 0.15) is 28.8 Å². The van der Waals surface area contributed by atoms with E-state index in [1.165, 1.54) is 25.5 Å². The van der Waals surface area contributed by atoms with E-state index in [-0.39, 0.29) is 5.97 Å². The summed E-state index contributed by atoms with van der Waals surface area (Å²) in [5.41, 5.74) is 1.82. The topological polar surface area (TPSA) is 38.8 Å². The molecule has 1 saturated heterocycles. The van der Waals surface area contributed by atoms with E-state index in [9.17, 15) is 4.79 Å². The van der Waals surface area contributed by atoms with Crippen LogP contribution in [0.3, 0.4) is 0 Å². The van der Waals surface area contributed by atoms with Gasteiger partial charge in [0.2, 0.25) is 0 Å². The summed E-state index contributed by atoms with van der Waals surface area (Å²) in [7, 11) is 3.15. The smallest absolute Gasteiger partial charge is 0.337 e. The molecule has 1 atom stereocenters. The maximum atomic E-state index is 11.4. The van der Waals surface area contributed by atoms with Gasteiger partial charge in [0, 0.05) is 19.7 Å². The number of likely N-dealkylation sites (tertiary alicyclic amines) is 1. The summed E-state index contributed by atoms with van der Waals surface area (Å²) in [4.78, 5) is 13.8. The molecule has 1 aromatic carbocycles. The maximum Gasteiger partial charge on any atom is 0.337 e. The highest BCUT2D eigenvalue weighted by Gasteiger charge is 2.24. The van der Waals surface area contributed by atoms with Gasteiger partial charge in [-0.25, -0.2) is 4.79 Å². The van der Waals surface area contributed by atoms with Gasteiger partial charge in [0.15, 0.2) is 0 Å². The molecule has 0 radical (unpaired) electrons. The van der Waals surface area contributed by atoms with Crippen LogP contribution >= 0.6 is 0 Å². The van der Waals surface area contributed by atoms with Crippen molar-refractivity contribution in [2.75, 3.05) is 27.4 Å². The van der Waals surface area contributed by atoms with Crippen LogP contribution in [0, 0.1) is 0 Å². The van der Waals surface area contributed by atoms with E-state index in [4.69, 9.17) is 9.47 Å². The summed E-state index contributed by atoms with van der Waals surface area (Å²) in [6, 6.07) is 8.15. The molecule has 0 spiro atoms. The highest BCUT2D eigenvalue weighted by molar-refractivity contribution is 5.89. The van der Waals surface area contributed by atoms with Crippen LogP contribution in [0.2, 0.25) is 0 Å². The van der Waals surface area contributed by atoms with Crippen molar-refractivity contribution in [2.45, 2.75) is 25.4 Å². The Morgan fingerprint density at radius 3 is 2.68 bits per heavy atom. The number of hydrogen-bond donors (Lipinski definition) is 0. The zero-order valence-electron chi connectivity index (χ0n) is 11.6. The number of benzene rings is 1. The molecular formula is C15H21NO3. The molecule has 0 aliphatic carbocycles. The molecule has 1 heterocycles. The van der Waals surface area contributed by atoms with E-state index >= 15 is 0 Å². The van der Waals surface area contributed by atoms with Gasteiger partial charge >= 0.3 is 5.97 Å². The number of hydrogen-bond acceptors (Lipinski definition) is 4. The van der Waals surface area contributed by atoms with E-state index in [0.29, 0.717) is 11.6 Å². The van der Waals surface area contributed by atoms with Crippen LogP contribution < -0.4 is 0 Å². The van der Waals surface area contributed by atoms with Crippen LogP contribution in [-0.2, 0) is 16.0 Å². The molecule has 0 amide bonds. The minimum atomic E-state index is -0.287. The summed E-state index contributed by atoms with van der Waals surface area (Å²) in [5.74, 6) is -0.287. The fraction of sp³-hybridized carbons (Fsp3) is 0.533. The lowest BCUT2D eigenvalue weighted by molar-refractivity contribution is 0.0600. The van der Waals surface area contributed by atoms with Crippen LogP contribution in [0.25, 0.3) is 0 Å². The summed E-state index contributed by atoms with van der Waals surface area (Å²) in [6.07, 6.45) is 2.43. The second-order valence-electron chi connectivity index (χ2n) is 4.91. The van der Waals surface area contributed by atoms with Crippen LogP contribution in [-0.4, -0.2) is 44.3 Å². The van der Waals surface area contributed by atoms with Crippen LogP contribution in [0.15, 0.2) is 24.3 Å². The number of rotatable bonds is 5. The normalized spacial score (nSPS) is 19.6. The summed E-state index contributed by atoms with van der Waals surface area (Å²) >= 11 is 0. The minimum absolute atomic E-state index is 0.287. The van der Waals surface area contributed by atoms with Crippen LogP contribution in [0.5, 0.6) is 0 Å². The molecule has 1 fully saturated rings. The molecule has 2 rings (SSSR count). The SMILES string of the molecule is COC[C@H]1CCCN1Cc1ccc(C(=O)OC)cc1. The summed E-state index contributed by atoms with van der Waals surface area (Å²) in [5, 5.41) is 0. The number of ether oxygens (including phenoxy) is 2. The first-order chi connectivity index (χ1) is 9.24. The van der Waals surface area contributed by atoms with Gasteiger partial charge in [-0.1, -0.05) is 12.1 Å². The maximum absolute atomic E-state index is 11.4. The van der Waals surface area contributed by atoms with E-state index in [0.717, 1.165) is 19.7 Å². The Hall–Kier alpha value is -1.39. The van der Waals surface area contributed by atoms with Gasteiger partial charge in [0.05, 0.1) is 19.3 Å². The molecule has 0 N–H and O–H groups in total. The van der Waals surface area contributed by atoms with E-state index in [2.05, 4.69) is 4.90 Å². The fourth-order valence-corrected chi connectivity index (χ4v) is 2.58. The first kappa shape index (κ1) is 14.0. The van der Waals surface area contributed by atoms with Crippen molar-refractivity contribution in [3.63, 3.8) is 0 Å². The second-order valence-corrected chi connectivity index (χ2v) is 4.91. The van der Waals surface area contributed by atoms with Gasteiger partial charge in [-0.2, -0.15) is 0 Å². The number of nitrogens with zero attached hydrogens (tertiary/aromatic N) is 1. The molecule has 1 aliphatic heterocycles. The quantitative estimate of drug-likeness (QED) is 0.762. The summed E-state index contributed by atoms with van der Waals surface area (Å²) in [6.45, 7) is 2.82. The largest absolute Gasteiger partial charge is 0.465 e. The number of carbonyl (C=O) groups excluding carboxylic acids is 1. The highest BCUT2D eigenvalue weighted by atomic mass is 16.5. The predicted molar refractivity (Wildman–Crippen MR) is 73.1 cm³/mol. The Balaban J connectivity index is 1.97. The van der Waals surface area contributed by atoms with E-state index in [1.807, 2.05) is 24.3 Å². The fourth-order valence-electron chi connectivity index (χ4n) is 2.58. The Morgan fingerprint density at radius 2 is 2.05 bits per heavy atom. The molecule has 1 aliphatic rings. The Bertz CT molecular complexity index is 416. The molecule has 0 saturated carbocycles. The number of esters is 1. The lowest BCUT2D eigenvalue weighted by atomic mass is 10.1. The number of carbonyl (C=O) groups is 1. The molecule has 0 bridgehead atoms. The third-order valence-electron chi connectivity index (χ3n) is 3.62. The van der Waals surface area contributed by atoms with Gasteiger partial charge in [-0.15, -0.1) is 0 Å². The third kappa shape index (κ3) is 3.55. The molecule has 0 unspecified atom stereocenters. The second kappa shape index (κ2) is 6.68. The Morgan fingerprint density at radius 1 is 1.32 bits per heavy atom. The van der Waals surface area contributed by atoms with Gasteiger partial charge in [0.25, 0.3) is 0 Å². The molecule has 4 nitrogen and oxygen atoms in total. The lowest BCUT2D eigenvalue weighted by Crippen LogP contribution is -2.32. The minimum Gasteiger partial charge on any atom is -0.465 e. The van der Waals surface area contributed by atoms with E-state index < -0.39 is 0 Å². The van der Waals surface area contributed by atoms with Crippen molar-refractivity contribution < 1.29 is 14.3 Å². The van der Waals surface area contributed by atoms with Crippen molar-refractivity contribution >= 4 is 5.97 Å². The average molecular weight is 263 g/mol. The van der Waals surface area contributed by atoms with Gasteiger partial charge in [-0.3, -0.25) is 4.90 Å².